The Morgan fingerprint density at radius 2 is 1.81 bits per heavy atom. The first kappa shape index (κ1) is 18.7. The number of rotatable bonds is 4. The highest BCUT2D eigenvalue weighted by Crippen LogP contribution is 2.32. The lowest BCUT2D eigenvalue weighted by atomic mass is 10.0. The van der Waals surface area contributed by atoms with Gasteiger partial charge in [0.15, 0.2) is 0 Å². The number of hydrogen-bond acceptors (Lipinski definition) is 2. The lowest BCUT2D eigenvalue weighted by Crippen LogP contribution is -2.31. The molecule has 2 aromatic carbocycles. The van der Waals surface area contributed by atoms with Gasteiger partial charge >= 0.3 is 0 Å². The van der Waals surface area contributed by atoms with Gasteiger partial charge in [0.25, 0.3) is 0 Å². The van der Waals surface area contributed by atoms with Crippen LogP contribution in [-0.4, -0.2) is 27.7 Å². The summed E-state index contributed by atoms with van der Waals surface area (Å²) < 4.78 is 2.35. The van der Waals surface area contributed by atoms with Gasteiger partial charge in [0, 0.05) is 36.1 Å². The lowest BCUT2D eigenvalue weighted by Gasteiger charge is -2.27. The van der Waals surface area contributed by atoms with Crippen molar-refractivity contribution in [3.8, 4) is 0 Å². The molecule has 1 aliphatic rings. The minimum Gasteiger partial charge on any atom is -0.387 e. The number of aliphatic hydroxyl groups is 1. The molecule has 1 unspecified atom stereocenters. The Labute approximate surface area is 156 Å². The Bertz CT molecular complexity index is 879. The summed E-state index contributed by atoms with van der Waals surface area (Å²) in [6, 6.07) is 16.8. The molecule has 1 N–H and O–H groups in total. The van der Waals surface area contributed by atoms with Crippen LogP contribution in [0.1, 0.15) is 42.8 Å². The van der Waals surface area contributed by atoms with Gasteiger partial charge in [-0.2, -0.15) is 0 Å². The molecule has 0 saturated carbocycles. The number of likely N-dealkylation sites (N-methyl/N-ethyl adjacent to an activating group) is 1. The molecule has 4 rings (SSSR count). The Morgan fingerprint density at radius 1 is 1.08 bits per heavy atom. The maximum absolute atomic E-state index is 10.8. The molecule has 0 fully saturated rings. The summed E-state index contributed by atoms with van der Waals surface area (Å²) >= 11 is 0. The van der Waals surface area contributed by atoms with Gasteiger partial charge in [0.05, 0.1) is 12.6 Å². The molecule has 0 aliphatic carbocycles. The first-order chi connectivity index (χ1) is 12.2. The molecule has 0 amide bonds. The number of benzene rings is 2. The van der Waals surface area contributed by atoms with Crippen molar-refractivity contribution in [2.45, 2.75) is 46.9 Å². The summed E-state index contributed by atoms with van der Waals surface area (Å²) in [6.07, 6.45) is 0.572. The minimum atomic E-state index is -0.482. The van der Waals surface area contributed by atoms with Gasteiger partial charge in [-0.15, -0.1) is 0 Å². The van der Waals surface area contributed by atoms with E-state index in [4.69, 9.17) is 0 Å². The van der Waals surface area contributed by atoms with Crippen LogP contribution in [0.25, 0.3) is 10.9 Å². The van der Waals surface area contributed by atoms with E-state index in [-0.39, 0.29) is 7.43 Å². The molecule has 0 saturated heterocycles. The third-order valence-corrected chi connectivity index (χ3v) is 5.51. The average Bonchev–Trinajstić information content (AvgIpc) is 2.95. The second kappa shape index (κ2) is 7.65. The van der Waals surface area contributed by atoms with Crippen LogP contribution in [0.5, 0.6) is 0 Å². The third kappa shape index (κ3) is 3.29. The first-order valence-corrected chi connectivity index (χ1v) is 9.23. The van der Waals surface area contributed by atoms with Gasteiger partial charge in [0.1, 0.15) is 0 Å². The number of fused-ring (bicyclic) bond motifs is 3. The standard InChI is InChI=1S/C22H26N2O.CH4/c1-3-23-13-12-21-19(14-23)18-6-4-5-7-20(18)24(21)15-22(25)17-10-8-16(2)9-11-17;/h4-11,22,25H,3,12-15H2,1-2H3;1H4. The summed E-state index contributed by atoms with van der Waals surface area (Å²) in [6.45, 7) is 8.12. The van der Waals surface area contributed by atoms with E-state index in [2.05, 4.69) is 59.7 Å². The average molecular weight is 351 g/mol. The molecule has 0 radical (unpaired) electrons. The highest BCUT2D eigenvalue weighted by molar-refractivity contribution is 5.85. The summed E-state index contributed by atoms with van der Waals surface area (Å²) in [4.78, 5) is 2.50. The smallest absolute Gasteiger partial charge is 0.0969 e. The van der Waals surface area contributed by atoms with Crippen molar-refractivity contribution in [1.29, 1.82) is 0 Å². The van der Waals surface area contributed by atoms with E-state index in [1.807, 2.05) is 12.1 Å². The maximum Gasteiger partial charge on any atom is 0.0969 e. The van der Waals surface area contributed by atoms with E-state index in [0.717, 1.165) is 31.6 Å². The molecule has 1 atom stereocenters. The van der Waals surface area contributed by atoms with Gasteiger partial charge in [-0.05, 0) is 30.7 Å². The zero-order chi connectivity index (χ0) is 17.4. The van der Waals surface area contributed by atoms with Gasteiger partial charge in [0.2, 0.25) is 0 Å². The first-order valence-electron chi connectivity index (χ1n) is 9.23. The number of para-hydroxylation sites is 1. The Balaban J connectivity index is 0.00000196. The van der Waals surface area contributed by atoms with Crippen molar-refractivity contribution >= 4 is 10.9 Å². The highest BCUT2D eigenvalue weighted by Gasteiger charge is 2.24. The van der Waals surface area contributed by atoms with Crippen LogP contribution in [0.2, 0.25) is 0 Å². The lowest BCUT2D eigenvalue weighted by molar-refractivity contribution is 0.156. The minimum absolute atomic E-state index is 0. The SMILES string of the molecule is C.CCN1CCc2c(c3ccccc3n2CC(O)c2ccc(C)cc2)C1. The van der Waals surface area contributed by atoms with Crippen molar-refractivity contribution in [2.24, 2.45) is 0 Å². The normalized spacial score (nSPS) is 15.5. The van der Waals surface area contributed by atoms with E-state index in [9.17, 15) is 5.11 Å². The van der Waals surface area contributed by atoms with Crippen LogP contribution in [0.15, 0.2) is 48.5 Å². The van der Waals surface area contributed by atoms with Gasteiger partial charge in [-0.3, -0.25) is 4.90 Å². The molecule has 26 heavy (non-hydrogen) atoms. The molecule has 138 valence electrons. The van der Waals surface area contributed by atoms with Crippen molar-refractivity contribution in [2.75, 3.05) is 13.1 Å². The van der Waals surface area contributed by atoms with Gasteiger partial charge in [-0.1, -0.05) is 62.4 Å². The third-order valence-electron chi connectivity index (χ3n) is 5.51. The molecule has 1 aromatic heterocycles. The van der Waals surface area contributed by atoms with Crippen LogP contribution in [-0.2, 0) is 19.5 Å². The number of nitrogens with zero attached hydrogens (tertiary/aromatic N) is 2. The van der Waals surface area contributed by atoms with Crippen molar-refractivity contribution < 1.29 is 5.11 Å². The fraction of sp³-hybridized carbons (Fsp3) is 0.391. The van der Waals surface area contributed by atoms with Crippen molar-refractivity contribution in [3.63, 3.8) is 0 Å². The van der Waals surface area contributed by atoms with E-state index in [0.29, 0.717) is 6.54 Å². The molecule has 3 aromatic rings. The molecule has 0 bridgehead atoms. The molecular formula is C23H30N2O. The summed E-state index contributed by atoms with van der Waals surface area (Å²) in [7, 11) is 0. The number of aryl methyl sites for hydroxylation is 1. The van der Waals surface area contributed by atoms with Crippen molar-refractivity contribution in [1.82, 2.24) is 9.47 Å². The topological polar surface area (TPSA) is 28.4 Å². The van der Waals surface area contributed by atoms with Crippen LogP contribution < -0.4 is 0 Å². The second-order valence-electron chi connectivity index (χ2n) is 7.10. The number of hydrogen-bond donors (Lipinski definition) is 1. The summed E-state index contributed by atoms with van der Waals surface area (Å²) in [5.41, 5.74) is 6.30. The van der Waals surface area contributed by atoms with E-state index in [1.54, 1.807) is 0 Å². The fourth-order valence-corrected chi connectivity index (χ4v) is 4.00. The molecule has 3 nitrogen and oxygen atoms in total. The quantitative estimate of drug-likeness (QED) is 0.739. The largest absolute Gasteiger partial charge is 0.387 e. The maximum atomic E-state index is 10.8. The Hall–Kier alpha value is -2.10. The highest BCUT2D eigenvalue weighted by atomic mass is 16.3. The molecular weight excluding hydrogens is 320 g/mol. The van der Waals surface area contributed by atoms with E-state index in [1.165, 1.54) is 27.7 Å². The number of aliphatic hydroxyl groups excluding tert-OH is 1. The van der Waals surface area contributed by atoms with Crippen LogP contribution in [0.4, 0.5) is 0 Å². The predicted octanol–water partition coefficient (Wildman–Crippen LogP) is 4.70. The molecule has 0 spiro atoms. The predicted molar refractivity (Wildman–Crippen MR) is 109 cm³/mol. The number of aromatic nitrogens is 1. The van der Waals surface area contributed by atoms with Crippen LogP contribution in [0.3, 0.4) is 0 Å². The second-order valence-corrected chi connectivity index (χ2v) is 7.10. The Morgan fingerprint density at radius 3 is 2.54 bits per heavy atom. The molecule has 2 heterocycles. The molecule has 1 aliphatic heterocycles. The summed E-state index contributed by atoms with van der Waals surface area (Å²) in [5.74, 6) is 0. The summed E-state index contributed by atoms with van der Waals surface area (Å²) in [5, 5.41) is 12.2. The van der Waals surface area contributed by atoms with E-state index >= 15 is 0 Å². The Kier molecular flexibility index (Phi) is 5.49. The van der Waals surface area contributed by atoms with E-state index < -0.39 is 6.10 Å². The zero-order valence-electron chi connectivity index (χ0n) is 15.1. The van der Waals surface area contributed by atoms with Gasteiger partial charge in [-0.25, -0.2) is 0 Å². The molecule has 3 heteroatoms. The van der Waals surface area contributed by atoms with Crippen molar-refractivity contribution in [3.05, 3.63) is 70.9 Å². The van der Waals surface area contributed by atoms with Gasteiger partial charge < -0.3 is 9.67 Å². The monoisotopic (exact) mass is 350 g/mol. The van der Waals surface area contributed by atoms with Crippen LogP contribution in [0, 0.1) is 6.92 Å². The zero-order valence-corrected chi connectivity index (χ0v) is 15.1. The fourth-order valence-electron chi connectivity index (χ4n) is 4.00. The van der Waals surface area contributed by atoms with Crippen LogP contribution >= 0.6 is 0 Å².